The summed E-state index contributed by atoms with van der Waals surface area (Å²) in [5, 5.41) is 0. The zero-order valence-electron chi connectivity index (χ0n) is 9.86. The molecule has 5 heteroatoms. The Morgan fingerprint density at radius 3 is 2.88 bits per heavy atom. The maximum atomic E-state index is 6.39. The summed E-state index contributed by atoms with van der Waals surface area (Å²) in [6.07, 6.45) is 3.37. The Morgan fingerprint density at radius 1 is 1.41 bits per heavy atom. The molecule has 0 unspecified atom stereocenters. The summed E-state index contributed by atoms with van der Waals surface area (Å²) in [5.74, 6) is 0.831. The number of hydrogen-bond acceptors (Lipinski definition) is 4. The van der Waals surface area contributed by atoms with Gasteiger partial charge in [-0.2, -0.15) is 0 Å². The fraction of sp³-hybridized carbons (Fsp3) is 0.500. The molecule has 5 nitrogen and oxygen atoms in total. The minimum Gasteiger partial charge on any atom is -0.381 e. The second-order valence-corrected chi connectivity index (χ2v) is 4.68. The average Bonchev–Trinajstić information content (AvgIpc) is 2.76. The summed E-state index contributed by atoms with van der Waals surface area (Å²) in [4.78, 5) is 12.1. The van der Waals surface area contributed by atoms with Crippen molar-refractivity contribution in [3.05, 3.63) is 23.7 Å². The molecule has 3 N–H and O–H groups in total. The normalized spacial score (nSPS) is 19.6. The summed E-state index contributed by atoms with van der Waals surface area (Å²) >= 11 is 0. The number of rotatable bonds is 1. The van der Waals surface area contributed by atoms with Crippen molar-refractivity contribution in [2.45, 2.75) is 25.3 Å². The van der Waals surface area contributed by atoms with Crippen LogP contribution in [-0.2, 0) is 10.3 Å². The highest BCUT2D eigenvalue weighted by Crippen LogP contribution is 2.28. The number of aromatic amines is 1. The third-order valence-corrected chi connectivity index (χ3v) is 3.46. The fourth-order valence-electron chi connectivity index (χ4n) is 2.24. The van der Waals surface area contributed by atoms with Crippen LogP contribution in [0.1, 0.15) is 24.2 Å². The molecule has 1 aliphatic heterocycles. The molecule has 0 spiro atoms. The molecule has 0 amide bonds. The Kier molecular flexibility index (Phi) is 2.38. The lowest BCUT2D eigenvalue weighted by Crippen LogP contribution is -2.43. The number of imidazole rings is 1. The number of aromatic nitrogens is 3. The third kappa shape index (κ3) is 1.71. The van der Waals surface area contributed by atoms with E-state index >= 15 is 0 Å². The van der Waals surface area contributed by atoms with Crippen molar-refractivity contribution in [1.82, 2.24) is 15.0 Å². The second kappa shape index (κ2) is 3.78. The van der Waals surface area contributed by atoms with E-state index in [0.717, 1.165) is 35.4 Å². The highest BCUT2D eigenvalue weighted by molar-refractivity contribution is 5.74. The molecule has 1 saturated heterocycles. The van der Waals surface area contributed by atoms with Gasteiger partial charge < -0.3 is 15.5 Å². The molecule has 2 aromatic heterocycles. The van der Waals surface area contributed by atoms with E-state index in [1.165, 1.54) is 0 Å². The molecule has 1 fully saturated rings. The topological polar surface area (TPSA) is 76.8 Å². The van der Waals surface area contributed by atoms with E-state index in [9.17, 15) is 0 Å². The van der Waals surface area contributed by atoms with Gasteiger partial charge in [-0.25, -0.2) is 9.97 Å². The van der Waals surface area contributed by atoms with Crippen molar-refractivity contribution in [3.63, 3.8) is 0 Å². The number of fused-ring (bicyclic) bond motifs is 1. The number of aryl methyl sites for hydroxylation is 1. The number of H-pyrrole nitrogens is 1. The number of pyridine rings is 1. The van der Waals surface area contributed by atoms with Gasteiger partial charge in [0, 0.05) is 19.4 Å². The van der Waals surface area contributed by atoms with E-state index in [4.69, 9.17) is 10.5 Å². The minimum atomic E-state index is -0.397. The van der Waals surface area contributed by atoms with Crippen molar-refractivity contribution in [1.29, 1.82) is 0 Å². The highest BCUT2D eigenvalue weighted by atomic mass is 16.5. The first-order valence-corrected chi connectivity index (χ1v) is 5.87. The first-order chi connectivity index (χ1) is 8.19. The van der Waals surface area contributed by atoms with Gasteiger partial charge in [0.15, 0.2) is 5.65 Å². The van der Waals surface area contributed by atoms with E-state index in [1.54, 1.807) is 6.20 Å². The Bertz CT molecular complexity index is 542. The van der Waals surface area contributed by atoms with Crippen LogP contribution in [0.2, 0.25) is 0 Å². The van der Waals surface area contributed by atoms with E-state index < -0.39 is 5.54 Å². The first-order valence-electron chi connectivity index (χ1n) is 5.87. The molecule has 0 bridgehead atoms. The Hall–Kier alpha value is -1.46. The van der Waals surface area contributed by atoms with Crippen LogP contribution in [0.25, 0.3) is 11.2 Å². The first kappa shape index (κ1) is 10.7. The van der Waals surface area contributed by atoms with Crippen molar-refractivity contribution in [2.24, 2.45) is 5.73 Å². The zero-order chi connectivity index (χ0) is 11.9. The highest BCUT2D eigenvalue weighted by Gasteiger charge is 2.33. The molecular weight excluding hydrogens is 216 g/mol. The molecule has 3 heterocycles. The molecule has 0 aliphatic carbocycles. The maximum Gasteiger partial charge on any atom is 0.178 e. The van der Waals surface area contributed by atoms with Crippen LogP contribution in [0.5, 0.6) is 0 Å². The maximum absolute atomic E-state index is 6.39. The summed E-state index contributed by atoms with van der Waals surface area (Å²) in [5.41, 5.74) is 8.87. The molecule has 0 aromatic carbocycles. The van der Waals surface area contributed by atoms with Gasteiger partial charge in [0.1, 0.15) is 5.82 Å². The second-order valence-electron chi connectivity index (χ2n) is 4.68. The van der Waals surface area contributed by atoms with Crippen LogP contribution in [0, 0.1) is 6.92 Å². The largest absolute Gasteiger partial charge is 0.381 e. The molecule has 17 heavy (non-hydrogen) atoms. The molecule has 0 saturated carbocycles. The van der Waals surface area contributed by atoms with Gasteiger partial charge in [-0.1, -0.05) is 0 Å². The van der Waals surface area contributed by atoms with Gasteiger partial charge in [0.2, 0.25) is 0 Å². The fourth-order valence-corrected chi connectivity index (χ4v) is 2.24. The molecule has 0 radical (unpaired) electrons. The lowest BCUT2D eigenvalue weighted by Gasteiger charge is -2.31. The SMILES string of the molecule is Cc1ccnc2nc(C3(N)CCOCC3)[nH]c12. The van der Waals surface area contributed by atoms with Gasteiger partial charge in [-0.15, -0.1) is 0 Å². The van der Waals surface area contributed by atoms with Crippen LogP contribution >= 0.6 is 0 Å². The Labute approximate surface area is 99.4 Å². The number of ether oxygens (including phenoxy) is 1. The van der Waals surface area contributed by atoms with E-state index in [-0.39, 0.29) is 0 Å². The molecule has 3 rings (SSSR count). The smallest absolute Gasteiger partial charge is 0.178 e. The predicted molar refractivity (Wildman–Crippen MR) is 64.5 cm³/mol. The average molecular weight is 232 g/mol. The number of nitrogens with two attached hydrogens (primary N) is 1. The van der Waals surface area contributed by atoms with Crippen molar-refractivity contribution in [3.8, 4) is 0 Å². The van der Waals surface area contributed by atoms with Crippen molar-refractivity contribution in [2.75, 3.05) is 13.2 Å². The minimum absolute atomic E-state index is 0.397. The number of nitrogens with one attached hydrogen (secondary N) is 1. The third-order valence-electron chi connectivity index (χ3n) is 3.46. The summed E-state index contributed by atoms with van der Waals surface area (Å²) in [6, 6.07) is 1.97. The Morgan fingerprint density at radius 2 is 2.18 bits per heavy atom. The molecule has 1 aliphatic rings. The summed E-state index contributed by atoms with van der Waals surface area (Å²) < 4.78 is 5.35. The number of nitrogens with zero attached hydrogens (tertiary/aromatic N) is 2. The molecular formula is C12H16N4O. The monoisotopic (exact) mass is 232 g/mol. The van der Waals surface area contributed by atoms with Gasteiger partial charge in [0.05, 0.1) is 11.1 Å². The molecule has 0 atom stereocenters. The zero-order valence-corrected chi connectivity index (χ0v) is 9.86. The van der Waals surface area contributed by atoms with E-state index in [1.807, 2.05) is 13.0 Å². The number of hydrogen-bond donors (Lipinski definition) is 2. The predicted octanol–water partition coefficient (Wildman–Crippen LogP) is 1.23. The quantitative estimate of drug-likeness (QED) is 0.775. The standard InChI is InChI=1S/C12H16N4O/c1-8-2-5-14-10-9(8)15-11(16-10)12(13)3-6-17-7-4-12/h2,5H,3-4,6-7,13H2,1H3,(H,14,15,16). The Balaban J connectivity index is 2.08. The van der Waals surface area contributed by atoms with Gasteiger partial charge >= 0.3 is 0 Å². The van der Waals surface area contributed by atoms with E-state index in [2.05, 4.69) is 15.0 Å². The van der Waals surface area contributed by atoms with Crippen LogP contribution < -0.4 is 5.73 Å². The van der Waals surface area contributed by atoms with Gasteiger partial charge in [-0.05, 0) is 31.4 Å². The van der Waals surface area contributed by atoms with Crippen molar-refractivity contribution < 1.29 is 4.74 Å². The molecule has 90 valence electrons. The summed E-state index contributed by atoms with van der Waals surface area (Å²) in [7, 11) is 0. The van der Waals surface area contributed by atoms with E-state index in [0.29, 0.717) is 13.2 Å². The van der Waals surface area contributed by atoms with Crippen LogP contribution in [0.3, 0.4) is 0 Å². The van der Waals surface area contributed by atoms with Crippen molar-refractivity contribution >= 4 is 11.2 Å². The van der Waals surface area contributed by atoms with Crippen LogP contribution in [0.4, 0.5) is 0 Å². The van der Waals surface area contributed by atoms with Gasteiger partial charge in [0.25, 0.3) is 0 Å². The molecule has 2 aromatic rings. The van der Waals surface area contributed by atoms with Crippen LogP contribution in [-0.4, -0.2) is 28.2 Å². The van der Waals surface area contributed by atoms with Crippen LogP contribution in [0.15, 0.2) is 12.3 Å². The summed E-state index contributed by atoms with van der Waals surface area (Å²) in [6.45, 7) is 3.43. The lowest BCUT2D eigenvalue weighted by atomic mass is 9.91. The van der Waals surface area contributed by atoms with Gasteiger partial charge in [-0.3, -0.25) is 0 Å². The lowest BCUT2D eigenvalue weighted by molar-refractivity contribution is 0.0496.